The van der Waals surface area contributed by atoms with Gasteiger partial charge in [-0.15, -0.1) is 0 Å². The summed E-state index contributed by atoms with van der Waals surface area (Å²) in [6, 6.07) is 14.0. The fourth-order valence-corrected chi connectivity index (χ4v) is 3.33. The van der Waals surface area contributed by atoms with Crippen LogP contribution in [0.2, 0.25) is 5.02 Å². The normalized spacial score (nSPS) is 11.4. The van der Waals surface area contributed by atoms with Crippen molar-refractivity contribution in [1.29, 1.82) is 0 Å². The maximum absolute atomic E-state index is 6.19. The number of anilines is 1. The SMILES string of the molecule is Cc1nc(N)c2c3ccccc3n(-c3ccc(Cl)cc3C)c2n1. The molecule has 0 aliphatic rings. The highest BCUT2D eigenvalue weighted by molar-refractivity contribution is 6.30. The summed E-state index contributed by atoms with van der Waals surface area (Å²) in [5, 5.41) is 2.66. The number of nitrogens with zero attached hydrogens (tertiary/aromatic N) is 3. The molecule has 0 amide bonds. The maximum atomic E-state index is 6.19. The lowest BCUT2D eigenvalue weighted by Crippen LogP contribution is -2.01. The molecule has 0 aliphatic heterocycles. The van der Waals surface area contributed by atoms with Crippen LogP contribution in [-0.4, -0.2) is 14.5 Å². The average Bonchev–Trinajstić information content (AvgIpc) is 2.82. The van der Waals surface area contributed by atoms with Gasteiger partial charge < -0.3 is 5.73 Å². The van der Waals surface area contributed by atoms with Gasteiger partial charge in [-0.2, -0.15) is 0 Å². The van der Waals surface area contributed by atoms with E-state index in [1.807, 2.05) is 44.2 Å². The number of hydrogen-bond acceptors (Lipinski definition) is 3. The summed E-state index contributed by atoms with van der Waals surface area (Å²) in [5.74, 6) is 1.17. The predicted octanol–water partition coefficient (Wildman–Crippen LogP) is 4.43. The molecule has 0 unspecified atom stereocenters. The molecule has 0 saturated heterocycles. The summed E-state index contributed by atoms with van der Waals surface area (Å²) in [6.07, 6.45) is 0. The van der Waals surface area contributed by atoms with Gasteiger partial charge in [-0.1, -0.05) is 29.8 Å². The van der Waals surface area contributed by atoms with Crippen molar-refractivity contribution < 1.29 is 0 Å². The van der Waals surface area contributed by atoms with Gasteiger partial charge in [0.25, 0.3) is 0 Å². The van der Waals surface area contributed by atoms with Crippen LogP contribution in [0.5, 0.6) is 0 Å². The Kier molecular flexibility index (Phi) is 3.03. The van der Waals surface area contributed by atoms with Crippen molar-refractivity contribution in [2.24, 2.45) is 0 Å². The molecule has 4 nitrogen and oxygen atoms in total. The Morgan fingerprint density at radius 1 is 1.04 bits per heavy atom. The van der Waals surface area contributed by atoms with E-state index in [1.54, 1.807) is 0 Å². The fraction of sp³-hybridized carbons (Fsp3) is 0.111. The monoisotopic (exact) mass is 322 g/mol. The van der Waals surface area contributed by atoms with Crippen molar-refractivity contribution in [2.75, 3.05) is 5.73 Å². The van der Waals surface area contributed by atoms with Gasteiger partial charge in [0.15, 0.2) is 5.65 Å². The lowest BCUT2D eigenvalue weighted by Gasteiger charge is -2.11. The molecule has 114 valence electrons. The highest BCUT2D eigenvalue weighted by Gasteiger charge is 2.17. The third kappa shape index (κ3) is 2.06. The molecule has 0 spiro atoms. The zero-order valence-electron chi connectivity index (χ0n) is 12.8. The molecular weight excluding hydrogens is 308 g/mol. The summed E-state index contributed by atoms with van der Waals surface area (Å²) < 4.78 is 2.13. The molecule has 0 fully saturated rings. The minimum absolute atomic E-state index is 0.508. The van der Waals surface area contributed by atoms with E-state index in [9.17, 15) is 0 Å². The first kappa shape index (κ1) is 14.0. The van der Waals surface area contributed by atoms with Crippen LogP contribution >= 0.6 is 11.6 Å². The van der Waals surface area contributed by atoms with Crippen molar-refractivity contribution in [3.63, 3.8) is 0 Å². The van der Waals surface area contributed by atoms with Gasteiger partial charge in [0, 0.05) is 10.4 Å². The molecule has 0 saturated carbocycles. The van der Waals surface area contributed by atoms with E-state index in [4.69, 9.17) is 17.3 Å². The molecule has 0 bridgehead atoms. The maximum Gasteiger partial charge on any atom is 0.151 e. The molecule has 2 aromatic heterocycles. The summed E-state index contributed by atoms with van der Waals surface area (Å²) >= 11 is 6.11. The van der Waals surface area contributed by atoms with Gasteiger partial charge in [0.2, 0.25) is 0 Å². The second kappa shape index (κ2) is 4.96. The van der Waals surface area contributed by atoms with Crippen LogP contribution in [0.1, 0.15) is 11.4 Å². The fourth-order valence-electron chi connectivity index (χ4n) is 3.11. The molecule has 4 aromatic rings. The van der Waals surface area contributed by atoms with Crippen molar-refractivity contribution in [3.8, 4) is 5.69 Å². The molecule has 2 heterocycles. The van der Waals surface area contributed by atoms with Crippen molar-refractivity contribution in [3.05, 3.63) is 58.9 Å². The Morgan fingerprint density at radius 2 is 1.83 bits per heavy atom. The molecular formula is C18H15ClN4. The van der Waals surface area contributed by atoms with E-state index >= 15 is 0 Å². The number of nitrogens with two attached hydrogens (primary N) is 1. The predicted molar refractivity (Wildman–Crippen MR) is 95.3 cm³/mol. The molecule has 0 radical (unpaired) electrons. The first-order valence-electron chi connectivity index (χ1n) is 7.36. The van der Waals surface area contributed by atoms with E-state index in [1.165, 1.54) is 0 Å². The molecule has 0 aliphatic carbocycles. The quantitative estimate of drug-likeness (QED) is 0.564. The van der Waals surface area contributed by atoms with Crippen LogP contribution in [0.15, 0.2) is 42.5 Å². The van der Waals surface area contributed by atoms with Gasteiger partial charge in [-0.3, -0.25) is 4.57 Å². The van der Waals surface area contributed by atoms with Crippen LogP contribution in [0, 0.1) is 13.8 Å². The third-order valence-corrected chi connectivity index (χ3v) is 4.29. The number of benzene rings is 2. The lowest BCUT2D eigenvalue weighted by atomic mass is 10.2. The number of hydrogen-bond donors (Lipinski definition) is 1. The van der Waals surface area contributed by atoms with Crippen LogP contribution in [0.25, 0.3) is 27.6 Å². The van der Waals surface area contributed by atoms with Crippen molar-refractivity contribution in [2.45, 2.75) is 13.8 Å². The number of rotatable bonds is 1. The molecule has 2 N–H and O–H groups in total. The van der Waals surface area contributed by atoms with Crippen LogP contribution in [0.3, 0.4) is 0 Å². The van der Waals surface area contributed by atoms with Crippen molar-refractivity contribution in [1.82, 2.24) is 14.5 Å². The topological polar surface area (TPSA) is 56.7 Å². The van der Waals surface area contributed by atoms with Crippen LogP contribution in [-0.2, 0) is 0 Å². The first-order chi connectivity index (χ1) is 11.1. The number of nitrogen functional groups attached to an aromatic ring is 1. The Labute approximate surface area is 138 Å². The number of aryl methyl sites for hydroxylation is 2. The van der Waals surface area contributed by atoms with E-state index < -0.39 is 0 Å². The first-order valence-corrected chi connectivity index (χ1v) is 7.74. The molecule has 23 heavy (non-hydrogen) atoms. The summed E-state index contributed by atoms with van der Waals surface area (Å²) in [6.45, 7) is 3.89. The van der Waals surface area contributed by atoms with E-state index in [-0.39, 0.29) is 0 Å². The van der Waals surface area contributed by atoms with Crippen LogP contribution < -0.4 is 5.73 Å². The number of halogens is 1. The van der Waals surface area contributed by atoms with Crippen LogP contribution in [0.4, 0.5) is 5.82 Å². The van der Waals surface area contributed by atoms with Gasteiger partial charge in [-0.05, 0) is 43.7 Å². The number of para-hydroxylation sites is 1. The molecule has 5 heteroatoms. The summed E-state index contributed by atoms with van der Waals surface area (Å²) in [5.41, 5.74) is 10.2. The van der Waals surface area contributed by atoms with Gasteiger partial charge in [0.05, 0.1) is 16.6 Å². The average molecular weight is 323 g/mol. The summed E-state index contributed by atoms with van der Waals surface area (Å²) in [4.78, 5) is 8.98. The van der Waals surface area contributed by atoms with E-state index in [2.05, 4.69) is 26.7 Å². The number of fused-ring (bicyclic) bond motifs is 3. The lowest BCUT2D eigenvalue weighted by molar-refractivity contribution is 1.04. The molecule has 2 aromatic carbocycles. The molecule has 4 rings (SSSR count). The minimum Gasteiger partial charge on any atom is -0.383 e. The molecule has 0 atom stereocenters. The highest BCUT2D eigenvalue weighted by atomic mass is 35.5. The Bertz CT molecular complexity index is 1070. The second-order valence-corrected chi connectivity index (χ2v) is 6.07. The van der Waals surface area contributed by atoms with Crippen molar-refractivity contribution >= 4 is 39.4 Å². The standard InChI is InChI=1S/C18H15ClN4/c1-10-9-12(19)7-8-14(10)23-15-6-4-3-5-13(15)16-17(20)21-11(2)22-18(16)23/h3-9H,1-2H3,(H2,20,21,22). The third-order valence-electron chi connectivity index (χ3n) is 4.06. The summed E-state index contributed by atoms with van der Waals surface area (Å²) in [7, 11) is 0. The zero-order valence-corrected chi connectivity index (χ0v) is 13.6. The second-order valence-electron chi connectivity index (χ2n) is 5.64. The van der Waals surface area contributed by atoms with E-state index in [0.717, 1.165) is 38.2 Å². The zero-order chi connectivity index (χ0) is 16.1. The Morgan fingerprint density at radius 3 is 2.61 bits per heavy atom. The highest BCUT2D eigenvalue weighted by Crippen LogP contribution is 2.34. The Balaban J connectivity index is 2.24. The van der Waals surface area contributed by atoms with Gasteiger partial charge in [0.1, 0.15) is 11.6 Å². The minimum atomic E-state index is 0.508. The van der Waals surface area contributed by atoms with E-state index in [0.29, 0.717) is 11.6 Å². The van der Waals surface area contributed by atoms with Gasteiger partial charge >= 0.3 is 0 Å². The number of aromatic nitrogens is 3. The smallest absolute Gasteiger partial charge is 0.151 e. The Hall–Kier alpha value is -2.59. The van der Waals surface area contributed by atoms with Gasteiger partial charge in [-0.25, -0.2) is 9.97 Å². The largest absolute Gasteiger partial charge is 0.383 e.